The second-order valence-corrected chi connectivity index (χ2v) is 15.0. The molecule has 0 spiro atoms. The molecule has 0 amide bonds. The summed E-state index contributed by atoms with van der Waals surface area (Å²) in [5, 5.41) is 0. The van der Waals surface area contributed by atoms with E-state index >= 15 is 0 Å². The third kappa shape index (κ3) is 8.05. The standard InChI is InChI=1S/C37H61NO2/c1-4-37(39)40-35-24-16-31(17-25-35)36(30-8-6-5-7-9-30)26-29-14-22-34(23-15-29)38(32-18-10-27(2)11-19-32)33-20-12-28(3)13-21-33/h4,26-35H,1,5-25H2,2-3H3. The van der Waals surface area contributed by atoms with Crippen molar-refractivity contribution in [3.63, 3.8) is 0 Å². The molecule has 0 atom stereocenters. The van der Waals surface area contributed by atoms with Crippen LogP contribution in [0.25, 0.3) is 0 Å². The molecular formula is C37H61NO2. The first kappa shape index (κ1) is 30.4. The van der Waals surface area contributed by atoms with E-state index in [-0.39, 0.29) is 12.1 Å². The maximum Gasteiger partial charge on any atom is 0.330 e. The summed E-state index contributed by atoms with van der Waals surface area (Å²) in [6.45, 7) is 8.54. The topological polar surface area (TPSA) is 29.5 Å². The van der Waals surface area contributed by atoms with Crippen LogP contribution in [0, 0.1) is 29.6 Å². The molecule has 226 valence electrons. The van der Waals surface area contributed by atoms with Gasteiger partial charge in [-0.15, -0.1) is 0 Å². The Morgan fingerprint density at radius 1 is 0.625 bits per heavy atom. The van der Waals surface area contributed by atoms with E-state index in [0.29, 0.717) is 5.92 Å². The molecule has 5 aliphatic rings. The number of allylic oxidation sites excluding steroid dienone is 2. The molecule has 40 heavy (non-hydrogen) atoms. The Balaban J connectivity index is 1.23. The number of hydrogen-bond acceptors (Lipinski definition) is 3. The highest BCUT2D eigenvalue weighted by molar-refractivity contribution is 5.81. The molecule has 0 saturated heterocycles. The van der Waals surface area contributed by atoms with E-state index in [9.17, 15) is 4.79 Å². The molecule has 5 rings (SSSR count). The van der Waals surface area contributed by atoms with Crippen LogP contribution in [-0.4, -0.2) is 35.1 Å². The number of esters is 1. The summed E-state index contributed by atoms with van der Waals surface area (Å²) in [5.41, 5.74) is 1.83. The Kier molecular flexibility index (Phi) is 11.3. The normalized spacial score (nSPS) is 38.6. The van der Waals surface area contributed by atoms with Gasteiger partial charge in [-0.2, -0.15) is 0 Å². The van der Waals surface area contributed by atoms with Gasteiger partial charge in [0, 0.05) is 24.2 Å². The SMILES string of the molecule is C=CC(=O)OC1CCC(C(=CC2CCC(N(C3CCC(C)CC3)C3CCC(C)CC3)CC2)C2CCCCC2)CC1. The lowest BCUT2D eigenvalue weighted by molar-refractivity contribution is -0.144. The maximum atomic E-state index is 11.8. The molecule has 0 heterocycles. The van der Waals surface area contributed by atoms with Gasteiger partial charge in [0.05, 0.1) is 0 Å². The monoisotopic (exact) mass is 551 g/mol. The maximum absolute atomic E-state index is 11.8. The van der Waals surface area contributed by atoms with Crippen molar-refractivity contribution >= 4 is 5.97 Å². The lowest BCUT2D eigenvalue weighted by Crippen LogP contribution is -2.52. The Hall–Kier alpha value is -1.09. The van der Waals surface area contributed by atoms with Crippen molar-refractivity contribution in [2.24, 2.45) is 29.6 Å². The van der Waals surface area contributed by atoms with Gasteiger partial charge in [-0.05, 0) is 145 Å². The third-order valence-corrected chi connectivity index (χ3v) is 12.1. The molecular weight excluding hydrogens is 490 g/mol. The summed E-state index contributed by atoms with van der Waals surface area (Å²) < 4.78 is 5.63. The highest BCUT2D eigenvalue weighted by Gasteiger charge is 2.38. The van der Waals surface area contributed by atoms with E-state index in [1.165, 1.54) is 128 Å². The van der Waals surface area contributed by atoms with Gasteiger partial charge >= 0.3 is 5.97 Å². The summed E-state index contributed by atoms with van der Waals surface area (Å²) in [6, 6.07) is 2.54. The van der Waals surface area contributed by atoms with E-state index in [1.54, 1.807) is 0 Å². The Labute approximate surface area is 247 Å². The molecule has 0 unspecified atom stereocenters. The van der Waals surface area contributed by atoms with Gasteiger partial charge in [0.2, 0.25) is 0 Å². The lowest BCUT2D eigenvalue weighted by Gasteiger charge is -2.49. The predicted octanol–water partition coefficient (Wildman–Crippen LogP) is 9.80. The average molecular weight is 552 g/mol. The van der Waals surface area contributed by atoms with Crippen molar-refractivity contribution in [1.29, 1.82) is 0 Å². The summed E-state index contributed by atoms with van der Waals surface area (Å²) in [4.78, 5) is 14.9. The fourth-order valence-electron chi connectivity index (χ4n) is 9.58. The third-order valence-electron chi connectivity index (χ3n) is 12.1. The molecule has 0 aliphatic heterocycles. The van der Waals surface area contributed by atoms with E-state index in [4.69, 9.17) is 4.74 Å². The zero-order valence-corrected chi connectivity index (χ0v) is 26.2. The molecule has 3 heteroatoms. The molecule has 0 bridgehead atoms. The summed E-state index contributed by atoms with van der Waals surface area (Å²) in [6.07, 6.45) is 33.0. The minimum Gasteiger partial charge on any atom is -0.459 e. The molecule has 3 nitrogen and oxygen atoms in total. The number of hydrogen-bond donors (Lipinski definition) is 0. The molecule has 0 aromatic rings. The van der Waals surface area contributed by atoms with E-state index < -0.39 is 0 Å². The Morgan fingerprint density at radius 3 is 1.60 bits per heavy atom. The van der Waals surface area contributed by atoms with Gasteiger partial charge < -0.3 is 4.74 Å². The summed E-state index contributed by atoms with van der Waals surface area (Å²) in [7, 11) is 0. The van der Waals surface area contributed by atoms with Gasteiger partial charge in [-0.25, -0.2) is 4.79 Å². The van der Waals surface area contributed by atoms with Crippen molar-refractivity contribution in [3.05, 3.63) is 24.3 Å². The zero-order valence-electron chi connectivity index (χ0n) is 26.2. The first-order chi connectivity index (χ1) is 19.5. The summed E-state index contributed by atoms with van der Waals surface area (Å²) >= 11 is 0. The minimum absolute atomic E-state index is 0.0985. The fraction of sp³-hybridized carbons (Fsp3) is 0.865. The molecule has 5 fully saturated rings. The van der Waals surface area contributed by atoms with Crippen LogP contribution >= 0.6 is 0 Å². The lowest BCUT2D eigenvalue weighted by atomic mass is 9.71. The van der Waals surface area contributed by atoms with Crippen LogP contribution < -0.4 is 0 Å². The van der Waals surface area contributed by atoms with Crippen molar-refractivity contribution in [3.8, 4) is 0 Å². The first-order valence-corrected chi connectivity index (χ1v) is 17.8. The van der Waals surface area contributed by atoms with Crippen LogP contribution in [0.2, 0.25) is 0 Å². The molecule has 0 aromatic carbocycles. The van der Waals surface area contributed by atoms with Gasteiger partial charge in [0.25, 0.3) is 0 Å². The number of carbonyl (C=O) groups is 1. The van der Waals surface area contributed by atoms with Gasteiger partial charge in [-0.3, -0.25) is 4.90 Å². The predicted molar refractivity (Wildman–Crippen MR) is 167 cm³/mol. The van der Waals surface area contributed by atoms with Crippen LogP contribution in [0.3, 0.4) is 0 Å². The van der Waals surface area contributed by atoms with Gasteiger partial charge in [0.1, 0.15) is 6.10 Å². The molecule has 0 aromatic heterocycles. The quantitative estimate of drug-likeness (QED) is 0.171. The number of nitrogens with zero attached hydrogens (tertiary/aromatic N) is 1. The van der Waals surface area contributed by atoms with Crippen molar-refractivity contribution in [1.82, 2.24) is 4.90 Å². The average Bonchev–Trinajstić information content (AvgIpc) is 2.99. The van der Waals surface area contributed by atoms with Gasteiger partial charge in [-0.1, -0.05) is 51.3 Å². The van der Waals surface area contributed by atoms with E-state index in [2.05, 4.69) is 31.4 Å². The highest BCUT2D eigenvalue weighted by Crippen LogP contribution is 2.44. The highest BCUT2D eigenvalue weighted by atomic mass is 16.5. The van der Waals surface area contributed by atoms with E-state index in [0.717, 1.165) is 54.6 Å². The van der Waals surface area contributed by atoms with Crippen molar-refractivity contribution < 1.29 is 9.53 Å². The Bertz CT molecular complexity index is 789. The molecule has 5 saturated carbocycles. The number of carbonyl (C=O) groups excluding carboxylic acids is 1. The van der Waals surface area contributed by atoms with Crippen LogP contribution in [-0.2, 0) is 9.53 Å². The number of ether oxygens (including phenoxy) is 1. The Morgan fingerprint density at radius 2 is 1.10 bits per heavy atom. The number of rotatable bonds is 8. The van der Waals surface area contributed by atoms with Crippen LogP contribution in [0.5, 0.6) is 0 Å². The zero-order chi connectivity index (χ0) is 27.9. The van der Waals surface area contributed by atoms with E-state index in [1.807, 2.05) is 5.57 Å². The molecule has 0 radical (unpaired) electrons. The van der Waals surface area contributed by atoms with Crippen LogP contribution in [0.15, 0.2) is 24.3 Å². The molecule has 5 aliphatic carbocycles. The summed E-state index contributed by atoms with van der Waals surface area (Å²) in [5.74, 6) is 3.94. The van der Waals surface area contributed by atoms with Crippen molar-refractivity contribution in [2.75, 3.05) is 0 Å². The smallest absolute Gasteiger partial charge is 0.330 e. The van der Waals surface area contributed by atoms with Crippen LogP contribution in [0.4, 0.5) is 0 Å². The first-order valence-electron chi connectivity index (χ1n) is 17.8. The van der Waals surface area contributed by atoms with Gasteiger partial charge in [0.15, 0.2) is 0 Å². The fourth-order valence-corrected chi connectivity index (χ4v) is 9.58. The molecule has 0 N–H and O–H groups in total. The largest absolute Gasteiger partial charge is 0.459 e. The second-order valence-electron chi connectivity index (χ2n) is 15.0. The second kappa shape index (κ2) is 14.9. The van der Waals surface area contributed by atoms with Crippen LogP contribution in [0.1, 0.15) is 149 Å². The minimum atomic E-state index is -0.247. The van der Waals surface area contributed by atoms with Crippen molar-refractivity contribution in [2.45, 2.75) is 173 Å².